The number of nitrogens with zero attached hydrogens (tertiary/aromatic N) is 1. The molecule has 1 atom stereocenters. The molecular formula is C14H14ClNO4S. The number of carbonyl (C=O) groups is 1. The summed E-state index contributed by atoms with van der Waals surface area (Å²) < 4.78 is 27.5. The second kappa shape index (κ2) is 5.35. The number of carbonyl (C=O) groups excluding carboxylic acids is 1. The minimum atomic E-state index is -3.57. The average Bonchev–Trinajstić information content (AvgIpc) is 2.94. The van der Waals surface area contributed by atoms with Gasteiger partial charge < -0.3 is 9.32 Å². The largest absolute Gasteiger partial charge is 0.464 e. The quantitative estimate of drug-likeness (QED) is 0.808. The predicted octanol–water partition coefficient (Wildman–Crippen LogP) is 2.35. The summed E-state index contributed by atoms with van der Waals surface area (Å²) in [5.41, 5.74) is 1.80. The highest BCUT2D eigenvalue weighted by Crippen LogP contribution is 2.24. The lowest BCUT2D eigenvalue weighted by Crippen LogP contribution is -2.25. The van der Waals surface area contributed by atoms with E-state index in [1.807, 2.05) is 24.3 Å². The standard InChI is InChI=1S/C14H14ClNO4S/c15-21(18,19)9-11-6-14(17)16(8-11)7-10-1-2-13-12(5-10)3-4-20-13/h1-5,11H,6-9H2. The number of hydrogen-bond donors (Lipinski definition) is 0. The van der Waals surface area contributed by atoms with Crippen LogP contribution >= 0.6 is 10.7 Å². The van der Waals surface area contributed by atoms with Crippen molar-refractivity contribution in [1.29, 1.82) is 0 Å². The van der Waals surface area contributed by atoms with Crippen LogP contribution in [0.1, 0.15) is 12.0 Å². The molecule has 1 unspecified atom stereocenters. The zero-order chi connectivity index (χ0) is 15.0. The number of benzene rings is 1. The van der Waals surface area contributed by atoms with Crippen LogP contribution in [0.5, 0.6) is 0 Å². The van der Waals surface area contributed by atoms with Crippen LogP contribution in [0.2, 0.25) is 0 Å². The first kappa shape index (κ1) is 14.4. The third-order valence-electron chi connectivity index (χ3n) is 3.62. The summed E-state index contributed by atoms with van der Waals surface area (Å²) in [6.45, 7) is 0.896. The van der Waals surface area contributed by atoms with Crippen molar-refractivity contribution in [3.05, 3.63) is 36.1 Å². The van der Waals surface area contributed by atoms with Crippen molar-refractivity contribution >= 4 is 36.6 Å². The normalized spacial score (nSPS) is 19.6. The number of rotatable bonds is 4. The van der Waals surface area contributed by atoms with Crippen molar-refractivity contribution in [3.8, 4) is 0 Å². The summed E-state index contributed by atoms with van der Waals surface area (Å²) in [7, 11) is 1.69. The second-order valence-corrected chi connectivity index (χ2v) is 8.16. The lowest BCUT2D eigenvalue weighted by Gasteiger charge is -2.16. The molecule has 1 aliphatic heterocycles. The van der Waals surface area contributed by atoms with Gasteiger partial charge in [-0.25, -0.2) is 8.42 Å². The molecule has 1 amide bonds. The Kier molecular flexibility index (Phi) is 3.67. The molecule has 2 aromatic rings. The fraction of sp³-hybridized carbons (Fsp3) is 0.357. The molecule has 0 saturated carbocycles. The monoisotopic (exact) mass is 327 g/mol. The number of likely N-dealkylation sites (tertiary alicyclic amines) is 1. The molecule has 1 fully saturated rings. The van der Waals surface area contributed by atoms with Gasteiger partial charge in [0.05, 0.1) is 12.0 Å². The van der Waals surface area contributed by atoms with Crippen LogP contribution in [-0.2, 0) is 20.4 Å². The summed E-state index contributed by atoms with van der Waals surface area (Å²) in [5.74, 6) is -0.414. The van der Waals surface area contributed by atoms with Gasteiger partial charge in [0.1, 0.15) is 5.58 Å². The molecule has 0 N–H and O–H groups in total. The summed E-state index contributed by atoms with van der Waals surface area (Å²) in [5, 5.41) is 0.985. The topological polar surface area (TPSA) is 67.6 Å². The van der Waals surface area contributed by atoms with Crippen molar-refractivity contribution < 1.29 is 17.6 Å². The van der Waals surface area contributed by atoms with E-state index in [9.17, 15) is 13.2 Å². The van der Waals surface area contributed by atoms with Gasteiger partial charge in [-0.3, -0.25) is 4.79 Å². The van der Waals surface area contributed by atoms with Crippen molar-refractivity contribution in [2.75, 3.05) is 12.3 Å². The molecular weight excluding hydrogens is 314 g/mol. The Balaban J connectivity index is 1.71. The van der Waals surface area contributed by atoms with Crippen molar-refractivity contribution in [2.45, 2.75) is 13.0 Å². The minimum absolute atomic E-state index is 0.0346. The molecule has 0 bridgehead atoms. The van der Waals surface area contributed by atoms with E-state index in [0.717, 1.165) is 16.5 Å². The van der Waals surface area contributed by atoms with E-state index in [4.69, 9.17) is 15.1 Å². The maximum atomic E-state index is 12.0. The number of furan rings is 1. The Labute approximate surface area is 126 Å². The Morgan fingerprint density at radius 2 is 2.14 bits per heavy atom. The lowest BCUT2D eigenvalue weighted by molar-refractivity contribution is -0.128. The van der Waals surface area contributed by atoms with Crippen molar-refractivity contribution in [1.82, 2.24) is 4.90 Å². The van der Waals surface area contributed by atoms with Gasteiger partial charge in [0, 0.05) is 41.5 Å². The first-order valence-electron chi connectivity index (χ1n) is 6.57. The molecule has 0 aliphatic carbocycles. The second-order valence-electron chi connectivity index (χ2n) is 5.34. The van der Waals surface area contributed by atoms with Gasteiger partial charge in [0.15, 0.2) is 0 Å². The maximum absolute atomic E-state index is 12.0. The van der Waals surface area contributed by atoms with E-state index < -0.39 is 9.05 Å². The van der Waals surface area contributed by atoms with E-state index in [0.29, 0.717) is 13.1 Å². The fourth-order valence-corrected chi connectivity index (χ4v) is 4.06. The maximum Gasteiger partial charge on any atom is 0.232 e. The molecule has 0 radical (unpaired) electrons. The van der Waals surface area contributed by atoms with E-state index >= 15 is 0 Å². The minimum Gasteiger partial charge on any atom is -0.464 e. The smallest absolute Gasteiger partial charge is 0.232 e. The predicted molar refractivity (Wildman–Crippen MR) is 79.4 cm³/mol. The number of hydrogen-bond acceptors (Lipinski definition) is 4. The molecule has 21 heavy (non-hydrogen) atoms. The molecule has 1 aromatic heterocycles. The van der Waals surface area contributed by atoms with Crippen LogP contribution in [-0.4, -0.2) is 31.5 Å². The average molecular weight is 328 g/mol. The van der Waals surface area contributed by atoms with Crippen LogP contribution in [0.4, 0.5) is 0 Å². The van der Waals surface area contributed by atoms with Crippen molar-refractivity contribution in [3.63, 3.8) is 0 Å². The Morgan fingerprint density at radius 3 is 2.90 bits per heavy atom. The van der Waals surface area contributed by atoms with Crippen LogP contribution < -0.4 is 0 Å². The first-order valence-corrected chi connectivity index (χ1v) is 9.05. The molecule has 0 spiro atoms. The van der Waals surface area contributed by atoms with Crippen LogP contribution in [0.25, 0.3) is 11.0 Å². The molecule has 1 aromatic carbocycles. The summed E-state index contributed by atoms with van der Waals surface area (Å²) >= 11 is 0. The van der Waals surface area contributed by atoms with E-state index in [1.54, 1.807) is 11.2 Å². The van der Waals surface area contributed by atoms with Gasteiger partial charge in [-0.2, -0.15) is 0 Å². The molecule has 1 saturated heterocycles. The van der Waals surface area contributed by atoms with Crippen LogP contribution in [0, 0.1) is 5.92 Å². The summed E-state index contributed by atoms with van der Waals surface area (Å²) in [6, 6.07) is 7.61. The highest BCUT2D eigenvalue weighted by atomic mass is 35.7. The highest BCUT2D eigenvalue weighted by molar-refractivity contribution is 8.13. The molecule has 2 heterocycles. The zero-order valence-electron chi connectivity index (χ0n) is 11.2. The molecule has 3 rings (SSSR count). The van der Waals surface area contributed by atoms with Gasteiger partial charge in [0.2, 0.25) is 15.0 Å². The Hall–Kier alpha value is -1.53. The van der Waals surface area contributed by atoms with Gasteiger partial charge in [-0.15, -0.1) is 0 Å². The Morgan fingerprint density at radius 1 is 1.33 bits per heavy atom. The van der Waals surface area contributed by atoms with Gasteiger partial charge >= 0.3 is 0 Å². The number of halogens is 1. The van der Waals surface area contributed by atoms with Gasteiger partial charge in [0.25, 0.3) is 0 Å². The number of fused-ring (bicyclic) bond motifs is 1. The lowest BCUT2D eigenvalue weighted by atomic mass is 10.1. The molecule has 1 aliphatic rings. The third-order valence-corrected chi connectivity index (χ3v) is 4.87. The third kappa shape index (κ3) is 3.39. The SMILES string of the molecule is O=C1CC(CS(=O)(=O)Cl)CN1Cc1ccc2occc2c1. The summed E-state index contributed by atoms with van der Waals surface area (Å²) in [6.07, 6.45) is 1.86. The number of amides is 1. The highest BCUT2D eigenvalue weighted by Gasteiger charge is 2.32. The van der Waals surface area contributed by atoms with Gasteiger partial charge in [-0.1, -0.05) is 6.07 Å². The van der Waals surface area contributed by atoms with Crippen LogP contribution in [0.3, 0.4) is 0 Å². The summed E-state index contributed by atoms with van der Waals surface area (Å²) in [4.78, 5) is 13.6. The van der Waals surface area contributed by atoms with Crippen LogP contribution in [0.15, 0.2) is 34.9 Å². The van der Waals surface area contributed by atoms with E-state index in [-0.39, 0.29) is 24.0 Å². The zero-order valence-corrected chi connectivity index (χ0v) is 12.7. The van der Waals surface area contributed by atoms with E-state index in [1.165, 1.54) is 0 Å². The Bertz CT molecular complexity index is 783. The molecule has 112 valence electrons. The first-order chi connectivity index (χ1) is 9.90. The van der Waals surface area contributed by atoms with Gasteiger partial charge in [-0.05, 0) is 23.8 Å². The molecule has 5 nitrogen and oxygen atoms in total. The molecule has 7 heteroatoms. The fourth-order valence-electron chi connectivity index (χ4n) is 2.73. The van der Waals surface area contributed by atoms with E-state index in [2.05, 4.69) is 0 Å². The van der Waals surface area contributed by atoms with Crippen molar-refractivity contribution in [2.24, 2.45) is 5.92 Å².